The van der Waals surface area contributed by atoms with Crippen molar-refractivity contribution < 1.29 is 9.84 Å². The summed E-state index contributed by atoms with van der Waals surface area (Å²) in [5.41, 5.74) is 0. The van der Waals surface area contributed by atoms with Crippen LogP contribution >= 0.6 is 11.3 Å². The van der Waals surface area contributed by atoms with Gasteiger partial charge in [-0.25, -0.2) is 0 Å². The molecule has 84 valence electrons. The summed E-state index contributed by atoms with van der Waals surface area (Å²) < 4.78 is 5.35. The molecule has 1 aromatic rings. The molecule has 1 saturated heterocycles. The largest absolute Gasteiger partial charge is 0.395 e. The molecule has 4 heteroatoms. The lowest BCUT2D eigenvalue weighted by molar-refractivity contribution is -0.0308. The van der Waals surface area contributed by atoms with Crippen molar-refractivity contribution in [1.82, 2.24) is 4.90 Å². The topological polar surface area (TPSA) is 32.7 Å². The third-order valence-corrected chi connectivity index (χ3v) is 3.70. The van der Waals surface area contributed by atoms with Crippen LogP contribution in [-0.2, 0) is 11.3 Å². The molecule has 1 fully saturated rings. The molecule has 3 nitrogen and oxygen atoms in total. The molecule has 0 radical (unpaired) electrons. The van der Waals surface area contributed by atoms with Gasteiger partial charge in [0.15, 0.2) is 0 Å². The first-order chi connectivity index (χ1) is 7.29. The Hall–Kier alpha value is -0.420. The Kier molecular flexibility index (Phi) is 3.75. The zero-order chi connectivity index (χ0) is 10.7. The number of nitrogens with zero attached hydrogens (tertiary/aromatic N) is 1. The van der Waals surface area contributed by atoms with Crippen molar-refractivity contribution in [2.75, 3.05) is 26.4 Å². The van der Waals surface area contributed by atoms with Crippen molar-refractivity contribution in [3.05, 3.63) is 21.9 Å². The predicted molar refractivity (Wildman–Crippen MR) is 61.2 cm³/mol. The fourth-order valence-electron chi connectivity index (χ4n) is 1.84. The normalized spacial score (nSPS) is 23.2. The van der Waals surface area contributed by atoms with E-state index in [0.717, 1.165) is 19.7 Å². The molecule has 0 unspecified atom stereocenters. The first kappa shape index (κ1) is 11.1. The van der Waals surface area contributed by atoms with Crippen molar-refractivity contribution in [2.24, 2.45) is 0 Å². The molecule has 0 amide bonds. The van der Waals surface area contributed by atoms with E-state index in [0.29, 0.717) is 6.61 Å². The number of rotatable bonds is 3. The lowest BCUT2D eigenvalue weighted by Crippen LogP contribution is -2.46. The lowest BCUT2D eigenvalue weighted by Gasteiger charge is -2.33. The van der Waals surface area contributed by atoms with Gasteiger partial charge in [0.1, 0.15) is 0 Å². The second kappa shape index (κ2) is 5.07. The fraction of sp³-hybridized carbons (Fsp3) is 0.636. The van der Waals surface area contributed by atoms with Crippen LogP contribution < -0.4 is 0 Å². The zero-order valence-corrected chi connectivity index (χ0v) is 9.80. The quantitative estimate of drug-likeness (QED) is 0.843. The van der Waals surface area contributed by atoms with Crippen LogP contribution in [0.3, 0.4) is 0 Å². The highest BCUT2D eigenvalue weighted by Crippen LogP contribution is 2.19. The maximum Gasteiger partial charge on any atom is 0.0645 e. The minimum absolute atomic E-state index is 0.168. The Bertz CT molecular complexity index is 313. The van der Waals surface area contributed by atoms with Crippen molar-refractivity contribution in [2.45, 2.75) is 19.5 Å². The number of hydrogen-bond acceptors (Lipinski definition) is 4. The Morgan fingerprint density at radius 1 is 1.60 bits per heavy atom. The predicted octanol–water partition coefficient (Wildman–Crippen LogP) is 1.25. The standard InChI is InChI=1S/C11H17NO2S/c1-9-2-3-11(15-9)6-12-4-5-14-8-10(12)7-13/h2-3,10,13H,4-8H2,1H3/t10-/m1/s1. The Morgan fingerprint density at radius 3 is 3.13 bits per heavy atom. The molecule has 15 heavy (non-hydrogen) atoms. The molecular weight excluding hydrogens is 210 g/mol. The van der Waals surface area contributed by atoms with Crippen molar-refractivity contribution in [1.29, 1.82) is 0 Å². The van der Waals surface area contributed by atoms with Crippen LogP contribution in [0.2, 0.25) is 0 Å². The van der Waals surface area contributed by atoms with E-state index >= 15 is 0 Å². The van der Waals surface area contributed by atoms with Crippen molar-refractivity contribution in [3.8, 4) is 0 Å². The molecule has 0 aliphatic carbocycles. The number of hydrogen-bond donors (Lipinski definition) is 1. The second-order valence-electron chi connectivity index (χ2n) is 3.89. The summed E-state index contributed by atoms with van der Waals surface area (Å²) in [7, 11) is 0. The van der Waals surface area contributed by atoms with Gasteiger partial charge in [0.2, 0.25) is 0 Å². The van der Waals surface area contributed by atoms with Gasteiger partial charge in [0, 0.05) is 22.8 Å². The van der Waals surface area contributed by atoms with Crippen molar-refractivity contribution >= 4 is 11.3 Å². The van der Waals surface area contributed by atoms with E-state index in [1.54, 1.807) is 0 Å². The zero-order valence-electron chi connectivity index (χ0n) is 8.98. The van der Waals surface area contributed by atoms with E-state index in [4.69, 9.17) is 4.74 Å². The third-order valence-electron chi connectivity index (χ3n) is 2.72. The molecule has 0 spiro atoms. The summed E-state index contributed by atoms with van der Waals surface area (Å²) in [5.74, 6) is 0. The number of thiophene rings is 1. The van der Waals surface area contributed by atoms with Crippen LogP contribution in [0.15, 0.2) is 12.1 Å². The number of aryl methyl sites for hydroxylation is 1. The first-order valence-corrected chi connectivity index (χ1v) is 6.09. The summed E-state index contributed by atoms with van der Waals surface area (Å²) in [4.78, 5) is 5.01. The Labute approximate surface area is 94.3 Å². The fourth-order valence-corrected chi connectivity index (χ4v) is 2.75. The highest BCUT2D eigenvalue weighted by molar-refractivity contribution is 7.11. The summed E-state index contributed by atoms with van der Waals surface area (Å²) in [6, 6.07) is 4.49. The summed E-state index contributed by atoms with van der Waals surface area (Å²) in [6.45, 7) is 5.60. The van der Waals surface area contributed by atoms with Crippen LogP contribution in [0.4, 0.5) is 0 Å². The van der Waals surface area contributed by atoms with E-state index in [1.165, 1.54) is 9.75 Å². The molecule has 2 heterocycles. The maximum absolute atomic E-state index is 9.23. The molecule has 1 atom stereocenters. The van der Waals surface area contributed by atoms with Gasteiger partial charge in [-0.05, 0) is 19.1 Å². The van der Waals surface area contributed by atoms with Gasteiger partial charge < -0.3 is 9.84 Å². The minimum Gasteiger partial charge on any atom is -0.395 e. The number of aliphatic hydroxyl groups is 1. The van der Waals surface area contributed by atoms with E-state index in [1.807, 2.05) is 11.3 Å². The molecule has 0 saturated carbocycles. The van der Waals surface area contributed by atoms with Gasteiger partial charge in [-0.1, -0.05) is 0 Å². The third kappa shape index (κ3) is 2.78. The smallest absolute Gasteiger partial charge is 0.0645 e. The average molecular weight is 227 g/mol. The van der Waals surface area contributed by atoms with Crippen LogP contribution in [0.5, 0.6) is 0 Å². The lowest BCUT2D eigenvalue weighted by atomic mass is 10.2. The van der Waals surface area contributed by atoms with Gasteiger partial charge >= 0.3 is 0 Å². The highest BCUT2D eigenvalue weighted by Gasteiger charge is 2.22. The average Bonchev–Trinajstić information content (AvgIpc) is 2.65. The highest BCUT2D eigenvalue weighted by atomic mass is 32.1. The summed E-state index contributed by atoms with van der Waals surface area (Å²) >= 11 is 1.83. The van der Waals surface area contributed by atoms with Crippen LogP contribution in [0.25, 0.3) is 0 Å². The molecular formula is C11H17NO2S. The number of aliphatic hydroxyl groups excluding tert-OH is 1. The van der Waals surface area contributed by atoms with E-state index in [2.05, 4.69) is 24.0 Å². The maximum atomic E-state index is 9.23. The molecule has 1 aromatic heterocycles. The Morgan fingerprint density at radius 2 is 2.47 bits per heavy atom. The van der Waals surface area contributed by atoms with E-state index in [-0.39, 0.29) is 12.6 Å². The summed E-state index contributed by atoms with van der Waals surface area (Å²) in [5, 5.41) is 9.23. The first-order valence-electron chi connectivity index (χ1n) is 5.27. The van der Waals surface area contributed by atoms with Crippen molar-refractivity contribution in [3.63, 3.8) is 0 Å². The molecule has 1 aliphatic heterocycles. The van der Waals surface area contributed by atoms with Gasteiger partial charge in [-0.3, -0.25) is 4.90 Å². The number of ether oxygens (including phenoxy) is 1. The van der Waals surface area contributed by atoms with Gasteiger partial charge in [0.25, 0.3) is 0 Å². The minimum atomic E-state index is 0.168. The van der Waals surface area contributed by atoms with Gasteiger partial charge in [0.05, 0.1) is 25.9 Å². The molecule has 0 bridgehead atoms. The molecule has 0 aromatic carbocycles. The Balaban J connectivity index is 1.97. The van der Waals surface area contributed by atoms with Crippen LogP contribution in [-0.4, -0.2) is 42.4 Å². The van der Waals surface area contributed by atoms with E-state index < -0.39 is 0 Å². The van der Waals surface area contributed by atoms with Gasteiger partial charge in [-0.15, -0.1) is 11.3 Å². The van der Waals surface area contributed by atoms with E-state index in [9.17, 15) is 5.11 Å². The molecule has 1 N–H and O–H groups in total. The number of morpholine rings is 1. The second-order valence-corrected chi connectivity index (χ2v) is 5.27. The summed E-state index contributed by atoms with van der Waals surface area (Å²) in [6.07, 6.45) is 0. The molecule has 2 rings (SSSR count). The molecule has 1 aliphatic rings. The van der Waals surface area contributed by atoms with Gasteiger partial charge in [-0.2, -0.15) is 0 Å². The van der Waals surface area contributed by atoms with Crippen LogP contribution in [0, 0.1) is 6.92 Å². The van der Waals surface area contributed by atoms with Crippen LogP contribution in [0.1, 0.15) is 9.75 Å². The monoisotopic (exact) mass is 227 g/mol. The SMILES string of the molecule is Cc1ccc(CN2CCOC[C@H]2CO)s1.